The van der Waals surface area contributed by atoms with E-state index >= 15 is 0 Å². The molecule has 1 heterocycles. The summed E-state index contributed by atoms with van der Waals surface area (Å²) < 4.78 is 0. The van der Waals surface area contributed by atoms with Gasteiger partial charge in [-0.2, -0.15) is 0 Å². The second kappa shape index (κ2) is 6.26. The van der Waals surface area contributed by atoms with E-state index in [1.807, 2.05) is 0 Å². The van der Waals surface area contributed by atoms with Crippen molar-refractivity contribution in [2.24, 2.45) is 0 Å². The monoisotopic (exact) mass is 310 g/mol. The number of fused-ring (bicyclic) bond motifs is 1. The quantitative estimate of drug-likeness (QED) is 0.678. The summed E-state index contributed by atoms with van der Waals surface area (Å²) in [7, 11) is 0. The number of nitrogens with one attached hydrogen (secondary N) is 1. The van der Waals surface area contributed by atoms with Gasteiger partial charge in [-0.3, -0.25) is 9.78 Å². The number of phenolic OH excluding ortho intramolecular Hbond substituents is 1. The zero-order valence-corrected chi connectivity index (χ0v) is 12.0. The predicted molar refractivity (Wildman–Crippen MR) is 78.1 cm³/mol. The van der Waals surface area contributed by atoms with E-state index < -0.39 is 12.2 Å². The van der Waals surface area contributed by atoms with E-state index in [0.717, 1.165) is 0 Å². The lowest BCUT2D eigenvalue weighted by Gasteiger charge is -2.20. The number of amides is 1. The van der Waals surface area contributed by atoms with Gasteiger partial charge in [0.25, 0.3) is 0 Å². The first-order valence-corrected chi connectivity index (χ1v) is 6.66. The number of aromatic hydroxyl groups is 1. The van der Waals surface area contributed by atoms with Crippen LogP contribution in [0.4, 0.5) is 0 Å². The summed E-state index contributed by atoms with van der Waals surface area (Å²) >= 11 is 6.10. The van der Waals surface area contributed by atoms with Gasteiger partial charge in [0.15, 0.2) is 0 Å². The molecule has 2 aromatic rings. The number of halogens is 1. The molecule has 2 rings (SSSR count). The minimum Gasteiger partial charge on any atom is -0.505 e. The molecule has 1 aromatic carbocycles. The number of hydrogen-bond acceptors (Lipinski definition) is 5. The molecule has 6 nitrogen and oxygen atoms in total. The van der Waals surface area contributed by atoms with E-state index in [-0.39, 0.29) is 29.3 Å². The number of aliphatic hydroxyl groups is 2. The number of benzene rings is 1. The van der Waals surface area contributed by atoms with Gasteiger partial charge in [-0.25, -0.2) is 0 Å². The Balaban J connectivity index is 2.37. The molecule has 21 heavy (non-hydrogen) atoms. The van der Waals surface area contributed by atoms with Gasteiger partial charge >= 0.3 is 0 Å². The van der Waals surface area contributed by atoms with E-state index in [4.69, 9.17) is 11.6 Å². The Morgan fingerprint density at radius 1 is 1.48 bits per heavy atom. The van der Waals surface area contributed by atoms with Gasteiger partial charge in [0, 0.05) is 30.6 Å². The summed E-state index contributed by atoms with van der Waals surface area (Å²) in [5.41, 5.74) is 0.301. The fraction of sp³-hybridized carbons (Fsp3) is 0.286. The van der Waals surface area contributed by atoms with Gasteiger partial charge in [0.2, 0.25) is 5.91 Å². The minimum absolute atomic E-state index is 0.0593. The smallest absolute Gasteiger partial charge is 0.216 e. The molecule has 7 heteroatoms. The van der Waals surface area contributed by atoms with Gasteiger partial charge in [-0.1, -0.05) is 11.6 Å². The van der Waals surface area contributed by atoms with Gasteiger partial charge in [-0.05, 0) is 18.2 Å². The van der Waals surface area contributed by atoms with Gasteiger partial charge in [0.05, 0.1) is 5.02 Å². The maximum atomic E-state index is 10.8. The van der Waals surface area contributed by atoms with Crippen LogP contribution in [0.1, 0.15) is 18.6 Å². The van der Waals surface area contributed by atoms with Crippen molar-refractivity contribution in [2.45, 2.75) is 19.1 Å². The molecule has 0 saturated carbocycles. The fourth-order valence-electron chi connectivity index (χ4n) is 2.00. The number of pyridine rings is 1. The summed E-state index contributed by atoms with van der Waals surface area (Å²) in [6.07, 6.45) is -1.19. The molecule has 0 bridgehead atoms. The van der Waals surface area contributed by atoms with Crippen LogP contribution in [-0.4, -0.2) is 38.9 Å². The Hall–Kier alpha value is -1.89. The molecular weight excluding hydrogens is 296 g/mol. The number of carbonyl (C=O) groups excluding carboxylic acids is 1. The van der Waals surface area contributed by atoms with Crippen molar-refractivity contribution in [1.29, 1.82) is 0 Å². The molecule has 0 radical (unpaired) electrons. The lowest BCUT2D eigenvalue weighted by atomic mass is 10.0. The van der Waals surface area contributed by atoms with Crippen molar-refractivity contribution < 1.29 is 20.1 Å². The van der Waals surface area contributed by atoms with E-state index in [1.165, 1.54) is 19.2 Å². The highest BCUT2D eigenvalue weighted by atomic mass is 35.5. The molecule has 4 N–H and O–H groups in total. The molecule has 0 aliphatic heterocycles. The number of aliphatic hydroxyl groups excluding tert-OH is 2. The fourth-order valence-corrected chi connectivity index (χ4v) is 2.27. The van der Waals surface area contributed by atoms with E-state index in [2.05, 4.69) is 10.3 Å². The van der Waals surface area contributed by atoms with Crippen LogP contribution in [0, 0.1) is 0 Å². The highest BCUT2D eigenvalue weighted by molar-refractivity contribution is 6.35. The van der Waals surface area contributed by atoms with Crippen LogP contribution in [0.3, 0.4) is 0 Å². The molecule has 0 aliphatic carbocycles. The van der Waals surface area contributed by atoms with Crippen molar-refractivity contribution in [1.82, 2.24) is 10.3 Å². The number of phenols is 1. The molecule has 0 saturated heterocycles. The van der Waals surface area contributed by atoms with E-state index in [0.29, 0.717) is 10.4 Å². The second-order valence-corrected chi connectivity index (χ2v) is 5.05. The van der Waals surface area contributed by atoms with Crippen LogP contribution in [0.15, 0.2) is 24.4 Å². The topological polar surface area (TPSA) is 103 Å². The van der Waals surface area contributed by atoms with Crippen LogP contribution in [0.5, 0.6) is 5.75 Å². The number of nitrogens with zero attached hydrogens (tertiary/aromatic N) is 1. The van der Waals surface area contributed by atoms with Crippen molar-refractivity contribution in [3.05, 3.63) is 35.0 Å². The Kier molecular flexibility index (Phi) is 4.62. The molecule has 0 fully saturated rings. The second-order valence-electron chi connectivity index (χ2n) is 4.65. The molecule has 2 unspecified atom stereocenters. The van der Waals surface area contributed by atoms with E-state index in [9.17, 15) is 20.1 Å². The predicted octanol–water partition coefficient (Wildman–Crippen LogP) is 1.12. The normalized spacial score (nSPS) is 13.9. The summed E-state index contributed by atoms with van der Waals surface area (Å²) in [6.45, 7) is 1.15. The van der Waals surface area contributed by atoms with Crippen LogP contribution in [-0.2, 0) is 4.79 Å². The highest BCUT2D eigenvalue weighted by Crippen LogP contribution is 2.36. The average Bonchev–Trinajstić information content (AvgIpc) is 2.47. The number of hydrogen-bond donors (Lipinski definition) is 4. The molecule has 0 aliphatic rings. The number of aromatic nitrogens is 1. The molecule has 0 spiro atoms. The third-order valence-electron chi connectivity index (χ3n) is 3.09. The highest BCUT2D eigenvalue weighted by Gasteiger charge is 2.24. The maximum absolute atomic E-state index is 10.8. The molecule has 1 amide bonds. The van der Waals surface area contributed by atoms with Gasteiger partial charge in [-0.15, -0.1) is 0 Å². The van der Waals surface area contributed by atoms with Crippen molar-refractivity contribution in [3.8, 4) is 5.75 Å². The Labute approximate surface area is 126 Å². The Morgan fingerprint density at radius 2 is 2.19 bits per heavy atom. The number of rotatable bonds is 4. The number of carbonyl (C=O) groups is 1. The van der Waals surface area contributed by atoms with E-state index in [1.54, 1.807) is 12.1 Å². The average molecular weight is 311 g/mol. The summed E-state index contributed by atoms with van der Waals surface area (Å²) in [5.74, 6) is -0.576. The summed E-state index contributed by atoms with van der Waals surface area (Å²) in [6, 6.07) is 4.74. The summed E-state index contributed by atoms with van der Waals surface area (Å²) in [5, 5.41) is 33.4. The third-order valence-corrected chi connectivity index (χ3v) is 3.40. The molecular formula is C14H15ClN2O4. The lowest BCUT2D eigenvalue weighted by molar-refractivity contribution is -0.119. The van der Waals surface area contributed by atoms with Crippen LogP contribution < -0.4 is 5.32 Å². The van der Waals surface area contributed by atoms with Gasteiger partial charge in [0.1, 0.15) is 23.5 Å². The maximum Gasteiger partial charge on any atom is 0.216 e. The third kappa shape index (κ3) is 3.24. The first-order chi connectivity index (χ1) is 9.91. The largest absolute Gasteiger partial charge is 0.505 e. The lowest BCUT2D eigenvalue weighted by Crippen LogP contribution is -2.34. The van der Waals surface area contributed by atoms with Crippen molar-refractivity contribution in [2.75, 3.05) is 6.54 Å². The Morgan fingerprint density at radius 3 is 2.86 bits per heavy atom. The van der Waals surface area contributed by atoms with Crippen molar-refractivity contribution >= 4 is 28.4 Å². The zero-order chi connectivity index (χ0) is 15.6. The van der Waals surface area contributed by atoms with Crippen LogP contribution in [0.2, 0.25) is 5.02 Å². The Bertz CT molecular complexity index is 677. The molecule has 1 aromatic heterocycles. The van der Waals surface area contributed by atoms with Crippen LogP contribution in [0.25, 0.3) is 10.9 Å². The first-order valence-electron chi connectivity index (χ1n) is 6.28. The first kappa shape index (κ1) is 15.5. The minimum atomic E-state index is -1.40. The molecule has 112 valence electrons. The van der Waals surface area contributed by atoms with Gasteiger partial charge < -0.3 is 20.6 Å². The van der Waals surface area contributed by atoms with Crippen LogP contribution >= 0.6 is 11.6 Å². The zero-order valence-electron chi connectivity index (χ0n) is 11.2. The molecule has 2 atom stereocenters. The SMILES string of the molecule is CC(=O)NCC(O)C(O)c1cc(Cl)c2cccnc2c1O. The standard InChI is InChI=1S/C14H15ClN2O4/c1-7(18)17-6-11(19)13(20)9-5-10(15)8-3-2-4-16-12(8)14(9)21/h2-5,11,13,19-21H,6H2,1H3,(H,17,18). The summed E-state index contributed by atoms with van der Waals surface area (Å²) in [4.78, 5) is 14.8. The van der Waals surface area contributed by atoms with Crippen molar-refractivity contribution in [3.63, 3.8) is 0 Å².